The molecule has 2 unspecified atom stereocenters. The van der Waals surface area contributed by atoms with Crippen LogP contribution in [0.1, 0.15) is 0 Å². The average Bonchev–Trinajstić information content (AvgIpc) is 2.10. The summed E-state index contributed by atoms with van der Waals surface area (Å²) in [6, 6.07) is 0. The number of hydrogen-bond acceptors (Lipinski definition) is 1. The molecule has 2 atom stereocenters. The fourth-order valence-corrected chi connectivity index (χ4v) is 1.28. The number of likely N-dealkylation sites (tertiary alicyclic amines) is 1. The zero-order valence-corrected chi connectivity index (χ0v) is 5.68. The van der Waals surface area contributed by atoms with Crippen molar-refractivity contribution in [1.29, 1.82) is 0 Å². The van der Waals surface area contributed by atoms with Crippen molar-refractivity contribution in [2.45, 2.75) is 5.82 Å². The molecule has 1 aliphatic heterocycles. The Morgan fingerprint density at radius 3 is 2.56 bits per heavy atom. The summed E-state index contributed by atoms with van der Waals surface area (Å²) in [5, 5.41) is 0. The van der Waals surface area contributed by atoms with Crippen LogP contribution in [-0.2, 0) is 0 Å². The minimum atomic E-state index is -0.272. The van der Waals surface area contributed by atoms with Gasteiger partial charge < -0.3 is 4.90 Å². The maximum Gasteiger partial charge on any atom is 0.0930 e. The van der Waals surface area contributed by atoms with Gasteiger partial charge in [-0.25, -0.2) is 0 Å². The van der Waals surface area contributed by atoms with Crippen molar-refractivity contribution in [3.05, 3.63) is 0 Å². The molecule has 3 heteroatoms. The molecule has 0 spiro atoms. The maximum absolute atomic E-state index is 12.0. The van der Waals surface area contributed by atoms with E-state index in [0.717, 1.165) is 13.1 Å². The highest BCUT2D eigenvalue weighted by molar-refractivity contribution is 6.12. The van der Waals surface area contributed by atoms with Crippen LogP contribution < -0.4 is 0 Å². The van der Waals surface area contributed by atoms with Crippen molar-refractivity contribution >= 4 is 7.85 Å². The minimum Gasteiger partial charge on any atom is -0.306 e. The molecular weight excluding hydrogens is 116 g/mol. The normalized spacial score (nSPS) is 37.6. The van der Waals surface area contributed by atoms with Gasteiger partial charge in [0.1, 0.15) is 0 Å². The van der Waals surface area contributed by atoms with Crippen molar-refractivity contribution in [1.82, 2.24) is 4.90 Å². The first-order valence-electron chi connectivity index (χ1n) is 3.24. The highest BCUT2D eigenvalue weighted by Crippen LogP contribution is 2.24. The smallest absolute Gasteiger partial charge is 0.0930 e. The minimum absolute atomic E-state index is 0.0556. The Hall–Kier alpha value is -0.0451. The fraction of sp³-hybridized carbons (Fsp3) is 1.00. The van der Waals surface area contributed by atoms with Crippen LogP contribution in [0.15, 0.2) is 0 Å². The molecule has 0 aromatic carbocycles. The van der Waals surface area contributed by atoms with E-state index in [-0.39, 0.29) is 18.4 Å². The molecule has 0 saturated carbocycles. The Morgan fingerprint density at radius 2 is 2.33 bits per heavy atom. The molecule has 1 fully saturated rings. The van der Waals surface area contributed by atoms with E-state index in [1.807, 2.05) is 7.05 Å². The summed E-state index contributed by atoms with van der Waals surface area (Å²) < 4.78 is 12.0. The van der Waals surface area contributed by atoms with E-state index in [1.54, 1.807) is 0 Å². The third-order valence-corrected chi connectivity index (χ3v) is 1.87. The third kappa shape index (κ3) is 1.45. The van der Waals surface area contributed by atoms with Gasteiger partial charge in [-0.3, -0.25) is 4.39 Å². The molecule has 0 amide bonds. The van der Waals surface area contributed by atoms with Crippen molar-refractivity contribution in [2.75, 3.05) is 26.8 Å². The molecule has 1 saturated heterocycles. The summed E-state index contributed by atoms with van der Waals surface area (Å²) in [5.74, 6) is 0.134. The van der Waals surface area contributed by atoms with E-state index in [9.17, 15) is 4.39 Å². The second-order valence-electron chi connectivity index (χ2n) is 2.80. The lowest BCUT2D eigenvalue weighted by Gasteiger charge is -2.06. The quantitative estimate of drug-likeness (QED) is 0.463. The Morgan fingerprint density at radius 1 is 1.67 bits per heavy atom. The summed E-state index contributed by atoms with van der Waals surface area (Å²) in [7, 11) is 7.57. The largest absolute Gasteiger partial charge is 0.306 e. The van der Waals surface area contributed by atoms with Crippen LogP contribution in [0.2, 0.25) is 5.82 Å². The lowest BCUT2D eigenvalue weighted by Crippen LogP contribution is -2.14. The zero-order chi connectivity index (χ0) is 6.85. The van der Waals surface area contributed by atoms with Crippen LogP contribution in [-0.4, -0.2) is 39.6 Å². The van der Waals surface area contributed by atoms with E-state index < -0.39 is 0 Å². The number of hydrogen-bond donors (Lipinski definition) is 0. The number of alkyl halides is 1. The highest BCUT2D eigenvalue weighted by Gasteiger charge is 2.26. The van der Waals surface area contributed by atoms with Crippen molar-refractivity contribution < 1.29 is 4.39 Å². The van der Waals surface area contributed by atoms with Gasteiger partial charge in [-0.05, 0) is 19.5 Å². The van der Waals surface area contributed by atoms with Crippen LogP contribution in [0.4, 0.5) is 4.39 Å². The second-order valence-corrected chi connectivity index (χ2v) is 2.80. The fourth-order valence-electron chi connectivity index (χ4n) is 1.28. The Balaban J connectivity index is 2.38. The van der Waals surface area contributed by atoms with Crippen LogP contribution in [0.25, 0.3) is 0 Å². The van der Waals surface area contributed by atoms with E-state index >= 15 is 0 Å². The number of nitrogens with zero attached hydrogens (tertiary/aromatic N) is 1. The molecule has 9 heavy (non-hydrogen) atoms. The monoisotopic (exact) mass is 127 g/mol. The molecule has 1 aliphatic rings. The highest BCUT2D eigenvalue weighted by atomic mass is 19.1. The van der Waals surface area contributed by atoms with Gasteiger partial charge >= 0.3 is 0 Å². The maximum atomic E-state index is 12.0. The summed E-state index contributed by atoms with van der Waals surface area (Å²) in [5.41, 5.74) is 0. The molecule has 2 radical (unpaired) electrons. The molecule has 0 aromatic rings. The second kappa shape index (κ2) is 2.69. The van der Waals surface area contributed by atoms with Crippen molar-refractivity contribution in [2.24, 2.45) is 5.92 Å². The van der Waals surface area contributed by atoms with Crippen LogP contribution in [0, 0.1) is 5.92 Å². The van der Waals surface area contributed by atoms with Gasteiger partial charge in [-0.2, -0.15) is 0 Å². The molecule has 50 valence electrons. The van der Waals surface area contributed by atoms with Crippen LogP contribution in [0.5, 0.6) is 0 Å². The van der Waals surface area contributed by atoms with Crippen LogP contribution >= 0.6 is 0 Å². The zero-order valence-electron chi connectivity index (χ0n) is 5.68. The summed E-state index contributed by atoms with van der Waals surface area (Å²) >= 11 is 0. The first-order valence-corrected chi connectivity index (χ1v) is 3.24. The standard InChI is InChI=1S/C6H11BFN/c1-9-3-5(2-8)6(7)4-9/h5-6H,2-4H2,1H3. The summed E-state index contributed by atoms with van der Waals surface area (Å²) in [4.78, 5) is 2.06. The van der Waals surface area contributed by atoms with Gasteiger partial charge in [0.25, 0.3) is 0 Å². The molecule has 0 aromatic heterocycles. The Kier molecular flexibility index (Phi) is 2.11. The van der Waals surface area contributed by atoms with Gasteiger partial charge in [0.2, 0.25) is 0 Å². The SMILES string of the molecule is [B]C1CN(C)CC1CF. The van der Waals surface area contributed by atoms with Crippen molar-refractivity contribution in [3.8, 4) is 0 Å². The van der Waals surface area contributed by atoms with Gasteiger partial charge in [-0.15, -0.1) is 0 Å². The molecule has 0 bridgehead atoms. The Labute approximate surface area is 56.6 Å². The number of halogens is 1. The predicted molar refractivity (Wildman–Crippen MR) is 36.5 cm³/mol. The van der Waals surface area contributed by atoms with Gasteiger partial charge in [0, 0.05) is 6.54 Å². The van der Waals surface area contributed by atoms with Gasteiger partial charge in [0.05, 0.1) is 14.5 Å². The van der Waals surface area contributed by atoms with Gasteiger partial charge in [-0.1, -0.05) is 5.82 Å². The van der Waals surface area contributed by atoms with E-state index in [2.05, 4.69) is 4.90 Å². The molecule has 0 aliphatic carbocycles. The first kappa shape index (κ1) is 7.07. The predicted octanol–water partition coefficient (Wildman–Crippen LogP) is 0.475. The van der Waals surface area contributed by atoms with Gasteiger partial charge in [0.15, 0.2) is 0 Å². The molecule has 0 N–H and O–H groups in total. The third-order valence-electron chi connectivity index (χ3n) is 1.87. The molecule has 1 heterocycles. The van der Waals surface area contributed by atoms with E-state index in [1.165, 1.54) is 0 Å². The number of rotatable bonds is 1. The van der Waals surface area contributed by atoms with Crippen molar-refractivity contribution in [3.63, 3.8) is 0 Å². The van der Waals surface area contributed by atoms with Crippen LogP contribution in [0.3, 0.4) is 0 Å². The topological polar surface area (TPSA) is 3.24 Å². The molecule has 1 nitrogen and oxygen atoms in total. The van der Waals surface area contributed by atoms with E-state index in [0.29, 0.717) is 0 Å². The lowest BCUT2D eigenvalue weighted by atomic mass is 9.80. The molecule has 1 rings (SSSR count). The summed E-state index contributed by atoms with van der Waals surface area (Å²) in [6.45, 7) is 1.39. The molecular formula is C6H11BFN. The first-order chi connectivity index (χ1) is 4.24. The summed E-state index contributed by atoms with van der Waals surface area (Å²) in [6.07, 6.45) is 0. The Bertz CT molecular complexity index is 99.1. The lowest BCUT2D eigenvalue weighted by molar-refractivity contribution is 0.342. The average molecular weight is 127 g/mol. The van der Waals surface area contributed by atoms with E-state index in [4.69, 9.17) is 7.85 Å².